The zero-order valence-electron chi connectivity index (χ0n) is 17.0. The third-order valence-corrected chi connectivity index (χ3v) is 6.25. The zero-order chi connectivity index (χ0) is 21.2. The van der Waals surface area contributed by atoms with E-state index in [1.54, 1.807) is 18.5 Å². The molecule has 0 amide bonds. The molecule has 1 aliphatic heterocycles. The molecule has 31 heavy (non-hydrogen) atoms. The van der Waals surface area contributed by atoms with Crippen LogP contribution in [0.1, 0.15) is 24.3 Å². The minimum Gasteiger partial charge on any atom is -0.313 e. The van der Waals surface area contributed by atoms with Crippen molar-refractivity contribution in [2.75, 3.05) is 19.6 Å². The number of rotatable bonds is 5. The van der Waals surface area contributed by atoms with E-state index in [2.05, 4.69) is 37.1 Å². The van der Waals surface area contributed by atoms with Crippen LogP contribution in [0.2, 0.25) is 5.02 Å². The summed E-state index contributed by atoms with van der Waals surface area (Å²) in [6.45, 7) is 3.90. The van der Waals surface area contributed by atoms with Crippen molar-refractivity contribution in [1.82, 2.24) is 29.6 Å². The monoisotopic (exact) mass is 434 g/mol. The van der Waals surface area contributed by atoms with Crippen LogP contribution >= 0.6 is 11.6 Å². The van der Waals surface area contributed by atoms with Crippen molar-refractivity contribution in [3.63, 3.8) is 0 Å². The molecule has 1 N–H and O–H groups in total. The molecule has 8 heteroatoms. The van der Waals surface area contributed by atoms with Gasteiger partial charge in [0, 0.05) is 29.5 Å². The Balaban J connectivity index is 1.22. The fraction of sp³-hybridized carbons (Fsp3) is 0.304. The molecule has 1 aliphatic rings. The molecule has 0 spiro atoms. The van der Waals surface area contributed by atoms with Gasteiger partial charge in [0.05, 0.1) is 30.1 Å². The Morgan fingerprint density at radius 2 is 2.00 bits per heavy atom. The number of halogens is 1. The Hall–Kier alpha value is -3.03. The number of aromatic amines is 1. The first-order valence-corrected chi connectivity index (χ1v) is 10.9. The summed E-state index contributed by atoms with van der Waals surface area (Å²) in [7, 11) is 0. The predicted molar refractivity (Wildman–Crippen MR) is 121 cm³/mol. The van der Waals surface area contributed by atoms with Crippen LogP contribution < -0.4 is 5.56 Å². The van der Waals surface area contributed by atoms with Crippen molar-refractivity contribution in [3.05, 3.63) is 76.2 Å². The van der Waals surface area contributed by atoms with Gasteiger partial charge in [-0.15, -0.1) is 0 Å². The van der Waals surface area contributed by atoms with Crippen molar-refractivity contribution >= 4 is 22.5 Å². The van der Waals surface area contributed by atoms with Crippen LogP contribution in [0.4, 0.5) is 0 Å². The lowest BCUT2D eigenvalue weighted by atomic mass is 9.89. The quantitative estimate of drug-likeness (QED) is 0.518. The lowest BCUT2D eigenvalue weighted by Crippen LogP contribution is -2.35. The Kier molecular flexibility index (Phi) is 5.53. The van der Waals surface area contributed by atoms with Crippen LogP contribution in [0.15, 0.2) is 60.0 Å². The third-order valence-electron chi connectivity index (χ3n) is 6.02. The average Bonchev–Trinajstić information content (AvgIpc) is 3.27. The van der Waals surface area contributed by atoms with Crippen molar-refractivity contribution in [2.45, 2.75) is 25.3 Å². The van der Waals surface area contributed by atoms with Crippen LogP contribution in [0.3, 0.4) is 0 Å². The summed E-state index contributed by atoms with van der Waals surface area (Å²) in [5.74, 6) is 0.583. The summed E-state index contributed by atoms with van der Waals surface area (Å²) in [5.41, 5.74) is 3.32. The maximum absolute atomic E-state index is 12.0. The number of H-pyrrole nitrogens is 1. The van der Waals surface area contributed by atoms with E-state index in [0.29, 0.717) is 22.5 Å². The van der Waals surface area contributed by atoms with E-state index in [1.807, 2.05) is 23.0 Å². The number of aromatic nitrogens is 5. The first kappa shape index (κ1) is 19.9. The van der Waals surface area contributed by atoms with Crippen LogP contribution in [0.25, 0.3) is 22.2 Å². The number of pyridine rings is 1. The Labute approximate surface area is 184 Å². The minimum atomic E-state index is -0.165. The highest BCUT2D eigenvalue weighted by molar-refractivity contribution is 6.30. The number of piperidine rings is 1. The molecular weight excluding hydrogens is 412 g/mol. The van der Waals surface area contributed by atoms with Gasteiger partial charge in [-0.3, -0.25) is 14.5 Å². The summed E-state index contributed by atoms with van der Waals surface area (Å²) >= 11 is 6.15. The summed E-state index contributed by atoms with van der Waals surface area (Å²) in [5, 5.41) is 5.85. The number of likely N-dealkylation sites (tertiary alicyclic amines) is 1. The van der Waals surface area contributed by atoms with Gasteiger partial charge in [0.1, 0.15) is 5.52 Å². The summed E-state index contributed by atoms with van der Waals surface area (Å²) < 4.78 is 1.94. The summed E-state index contributed by atoms with van der Waals surface area (Å²) in [4.78, 5) is 25.9. The molecule has 0 saturated carbocycles. The molecule has 0 radical (unpaired) electrons. The number of nitrogens with zero attached hydrogens (tertiary/aromatic N) is 5. The smallest absolute Gasteiger partial charge is 0.258 e. The molecule has 1 fully saturated rings. The molecule has 158 valence electrons. The van der Waals surface area contributed by atoms with Gasteiger partial charge in [-0.2, -0.15) is 5.10 Å². The zero-order valence-corrected chi connectivity index (χ0v) is 17.8. The van der Waals surface area contributed by atoms with Gasteiger partial charge in [-0.25, -0.2) is 4.98 Å². The molecule has 7 nitrogen and oxygen atoms in total. The predicted octanol–water partition coefficient (Wildman–Crippen LogP) is 3.71. The van der Waals surface area contributed by atoms with E-state index in [1.165, 1.54) is 11.9 Å². The second-order valence-corrected chi connectivity index (χ2v) is 8.39. The lowest BCUT2D eigenvalue weighted by Gasteiger charge is -2.32. The number of hydrogen-bond acceptors (Lipinski definition) is 5. The van der Waals surface area contributed by atoms with E-state index in [9.17, 15) is 4.79 Å². The Bertz CT molecular complexity index is 1260. The molecule has 0 unspecified atom stereocenters. The van der Waals surface area contributed by atoms with Gasteiger partial charge >= 0.3 is 0 Å². The highest BCUT2D eigenvalue weighted by Crippen LogP contribution is 2.29. The van der Waals surface area contributed by atoms with Gasteiger partial charge in [0.15, 0.2) is 0 Å². The second-order valence-electron chi connectivity index (χ2n) is 7.95. The van der Waals surface area contributed by atoms with E-state index < -0.39 is 0 Å². The minimum absolute atomic E-state index is 0.165. The van der Waals surface area contributed by atoms with Crippen LogP contribution in [-0.2, 0) is 6.54 Å². The van der Waals surface area contributed by atoms with E-state index >= 15 is 0 Å². The molecule has 0 bridgehead atoms. The maximum atomic E-state index is 12.0. The molecule has 0 aliphatic carbocycles. The molecule has 4 aromatic rings. The number of nitrogens with one attached hydrogen (secondary N) is 1. The molecule has 0 atom stereocenters. The molecule has 5 rings (SSSR count). The van der Waals surface area contributed by atoms with Crippen molar-refractivity contribution in [1.29, 1.82) is 0 Å². The van der Waals surface area contributed by atoms with Crippen LogP contribution in [-0.4, -0.2) is 49.3 Å². The maximum Gasteiger partial charge on any atom is 0.258 e. The number of hydrogen-bond donors (Lipinski definition) is 1. The van der Waals surface area contributed by atoms with Gasteiger partial charge in [0.25, 0.3) is 5.56 Å². The van der Waals surface area contributed by atoms with Gasteiger partial charge < -0.3 is 9.88 Å². The molecule has 3 aromatic heterocycles. The van der Waals surface area contributed by atoms with Crippen LogP contribution in [0, 0.1) is 0 Å². The van der Waals surface area contributed by atoms with Crippen LogP contribution in [0.5, 0.6) is 0 Å². The Morgan fingerprint density at radius 1 is 1.13 bits per heavy atom. The first-order valence-electron chi connectivity index (χ1n) is 10.5. The molecule has 1 aromatic carbocycles. The van der Waals surface area contributed by atoms with E-state index in [4.69, 9.17) is 11.6 Å². The summed E-state index contributed by atoms with van der Waals surface area (Å²) in [6, 6.07) is 9.93. The average molecular weight is 435 g/mol. The SMILES string of the molecule is O=c1[nH]cnc2c(-c3cnn(CCN4CCC(c5cccc(Cl)c5)CC4)c3)nccc12. The number of fused-ring (bicyclic) bond motifs is 1. The van der Waals surface area contributed by atoms with Crippen molar-refractivity contribution in [2.24, 2.45) is 0 Å². The topological polar surface area (TPSA) is 79.7 Å². The first-order chi connectivity index (χ1) is 15.2. The van der Waals surface area contributed by atoms with Gasteiger partial charge in [0.2, 0.25) is 0 Å². The highest BCUT2D eigenvalue weighted by atomic mass is 35.5. The lowest BCUT2D eigenvalue weighted by molar-refractivity contribution is 0.203. The summed E-state index contributed by atoms with van der Waals surface area (Å²) in [6.07, 6.45) is 9.10. The van der Waals surface area contributed by atoms with Gasteiger partial charge in [-0.1, -0.05) is 23.7 Å². The number of benzene rings is 1. The second kappa shape index (κ2) is 8.61. The fourth-order valence-electron chi connectivity index (χ4n) is 4.31. The van der Waals surface area contributed by atoms with Crippen molar-refractivity contribution in [3.8, 4) is 11.3 Å². The largest absolute Gasteiger partial charge is 0.313 e. The van der Waals surface area contributed by atoms with Gasteiger partial charge in [-0.05, 0) is 55.6 Å². The normalized spacial score (nSPS) is 15.5. The van der Waals surface area contributed by atoms with E-state index in [0.717, 1.165) is 49.6 Å². The molecule has 1 saturated heterocycles. The van der Waals surface area contributed by atoms with Crippen molar-refractivity contribution < 1.29 is 0 Å². The third kappa shape index (κ3) is 4.24. The Morgan fingerprint density at radius 3 is 2.84 bits per heavy atom. The van der Waals surface area contributed by atoms with E-state index in [-0.39, 0.29) is 5.56 Å². The molecular formula is C23H23ClN6O. The standard InChI is InChI=1S/C23H23ClN6O/c24-19-3-1-2-17(12-19)16-5-8-29(9-6-16)10-11-30-14-18(13-28-30)21-22-20(4-7-25-21)23(31)27-15-26-22/h1-4,7,12-16H,5-6,8-11H2,(H,26,27,31). The highest BCUT2D eigenvalue weighted by Gasteiger charge is 2.20. The fourth-order valence-corrected chi connectivity index (χ4v) is 4.51. The molecule has 4 heterocycles.